The molecule has 3 heterocycles. The standard InChI is InChI=1S/C20H23N3O2/c24-20(18-9-6-11-21-19(18)22-12-4-5-13-22)23-14-10-17(15-23)25-16-7-2-1-3-8-16/h1-3,6-9,11,17H,4-5,10,12-15H2. The van der Waals surface area contributed by atoms with Crippen molar-refractivity contribution in [2.24, 2.45) is 0 Å². The summed E-state index contributed by atoms with van der Waals surface area (Å²) in [6.07, 6.45) is 5.02. The van der Waals surface area contributed by atoms with E-state index in [9.17, 15) is 4.79 Å². The number of rotatable bonds is 4. The van der Waals surface area contributed by atoms with Crippen molar-refractivity contribution in [3.8, 4) is 5.75 Å². The van der Waals surface area contributed by atoms with Crippen LogP contribution in [0.3, 0.4) is 0 Å². The zero-order valence-electron chi connectivity index (χ0n) is 14.3. The van der Waals surface area contributed by atoms with Gasteiger partial charge in [-0.05, 0) is 37.1 Å². The highest BCUT2D eigenvalue weighted by Crippen LogP contribution is 2.25. The van der Waals surface area contributed by atoms with Crippen LogP contribution >= 0.6 is 0 Å². The Hall–Kier alpha value is -2.56. The molecule has 0 aliphatic carbocycles. The molecule has 25 heavy (non-hydrogen) atoms. The summed E-state index contributed by atoms with van der Waals surface area (Å²) in [5.41, 5.74) is 0.713. The highest BCUT2D eigenvalue weighted by Gasteiger charge is 2.30. The number of amides is 1. The van der Waals surface area contributed by atoms with E-state index in [0.717, 1.165) is 37.6 Å². The molecule has 0 radical (unpaired) electrons. The number of pyridine rings is 1. The van der Waals surface area contributed by atoms with E-state index < -0.39 is 0 Å². The summed E-state index contributed by atoms with van der Waals surface area (Å²) in [6.45, 7) is 3.32. The van der Waals surface area contributed by atoms with Gasteiger partial charge < -0.3 is 14.5 Å². The number of hydrogen-bond donors (Lipinski definition) is 0. The summed E-state index contributed by atoms with van der Waals surface area (Å²) in [5.74, 6) is 1.76. The first-order valence-electron chi connectivity index (χ1n) is 9.02. The van der Waals surface area contributed by atoms with Gasteiger partial charge in [0.25, 0.3) is 5.91 Å². The van der Waals surface area contributed by atoms with E-state index in [1.54, 1.807) is 6.20 Å². The third-order valence-corrected chi connectivity index (χ3v) is 4.90. The fourth-order valence-electron chi connectivity index (χ4n) is 3.62. The number of anilines is 1. The molecule has 0 N–H and O–H groups in total. The Bertz CT molecular complexity index is 729. The monoisotopic (exact) mass is 337 g/mol. The average molecular weight is 337 g/mol. The average Bonchev–Trinajstić information content (AvgIpc) is 3.34. The Labute approximate surface area is 148 Å². The smallest absolute Gasteiger partial charge is 0.257 e. The number of para-hydroxylation sites is 1. The number of benzene rings is 1. The Morgan fingerprint density at radius 3 is 2.64 bits per heavy atom. The zero-order valence-corrected chi connectivity index (χ0v) is 14.3. The minimum atomic E-state index is 0.0539. The summed E-state index contributed by atoms with van der Waals surface area (Å²) >= 11 is 0. The maximum atomic E-state index is 13.0. The lowest BCUT2D eigenvalue weighted by atomic mass is 10.2. The number of hydrogen-bond acceptors (Lipinski definition) is 4. The van der Waals surface area contributed by atoms with Crippen LogP contribution in [0.2, 0.25) is 0 Å². The van der Waals surface area contributed by atoms with E-state index in [1.807, 2.05) is 47.4 Å². The van der Waals surface area contributed by atoms with Gasteiger partial charge in [-0.1, -0.05) is 18.2 Å². The van der Waals surface area contributed by atoms with Gasteiger partial charge in [0.2, 0.25) is 0 Å². The van der Waals surface area contributed by atoms with Crippen LogP contribution in [0.25, 0.3) is 0 Å². The maximum Gasteiger partial charge on any atom is 0.257 e. The minimum Gasteiger partial charge on any atom is -0.489 e. The van der Waals surface area contributed by atoms with Crippen LogP contribution in [0.5, 0.6) is 5.75 Å². The van der Waals surface area contributed by atoms with Crippen LogP contribution in [0.1, 0.15) is 29.6 Å². The third kappa shape index (κ3) is 3.45. The molecule has 1 unspecified atom stereocenters. The number of ether oxygens (including phenoxy) is 1. The van der Waals surface area contributed by atoms with Crippen LogP contribution in [0.15, 0.2) is 48.7 Å². The van der Waals surface area contributed by atoms with Gasteiger partial charge in [-0.15, -0.1) is 0 Å². The fourth-order valence-corrected chi connectivity index (χ4v) is 3.62. The summed E-state index contributed by atoms with van der Waals surface area (Å²) in [6, 6.07) is 13.6. The van der Waals surface area contributed by atoms with Gasteiger partial charge >= 0.3 is 0 Å². The van der Waals surface area contributed by atoms with Crippen LogP contribution in [-0.4, -0.2) is 48.1 Å². The number of carbonyl (C=O) groups excluding carboxylic acids is 1. The van der Waals surface area contributed by atoms with Crippen LogP contribution < -0.4 is 9.64 Å². The Kier molecular flexibility index (Phi) is 4.55. The van der Waals surface area contributed by atoms with Gasteiger partial charge in [0.1, 0.15) is 17.7 Å². The molecule has 2 saturated heterocycles. The molecule has 130 valence electrons. The molecule has 0 saturated carbocycles. The Morgan fingerprint density at radius 1 is 1.04 bits per heavy atom. The largest absolute Gasteiger partial charge is 0.489 e. The van der Waals surface area contributed by atoms with Crippen molar-refractivity contribution >= 4 is 11.7 Å². The lowest BCUT2D eigenvalue weighted by Crippen LogP contribution is -2.33. The van der Waals surface area contributed by atoms with Crippen LogP contribution in [0, 0.1) is 0 Å². The van der Waals surface area contributed by atoms with Crippen molar-refractivity contribution in [1.29, 1.82) is 0 Å². The lowest BCUT2D eigenvalue weighted by molar-refractivity contribution is 0.0772. The molecule has 5 heteroatoms. The van der Waals surface area contributed by atoms with Gasteiger partial charge in [-0.25, -0.2) is 4.98 Å². The molecule has 2 aromatic rings. The van der Waals surface area contributed by atoms with Gasteiger partial charge in [0, 0.05) is 32.3 Å². The van der Waals surface area contributed by atoms with Gasteiger partial charge in [0.15, 0.2) is 0 Å². The van der Waals surface area contributed by atoms with Gasteiger partial charge in [0.05, 0.1) is 12.1 Å². The first-order chi connectivity index (χ1) is 12.3. The molecule has 1 amide bonds. The second-order valence-corrected chi connectivity index (χ2v) is 6.66. The van der Waals surface area contributed by atoms with E-state index in [2.05, 4.69) is 9.88 Å². The van der Waals surface area contributed by atoms with Crippen molar-refractivity contribution in [1.82, 2.24) is 9.88 Å². The van der Waals surface area contributed by atoms with Crippen LogP contribution in [-0.2, 0) is 0 Å². The van der Waals surface area contributed by atoms with Crippen molar-refractivity contribution in [2.45, 2.75) is 25.4 Å². The normalized spacial score (nSPS) is 20.1. The number of aromatic nitrogens is 1. The fraction of sp³-hybridized carbons (Fsp3) is 0.400. The summed E-state index contributed by atoms with van der Waals surface area (Å²) in [5, 5.41) is 0. The number of nitrogens with zero attached hydrogens (tertiary/aromatic N) is 3. The predicted octanol–water partition coefficient (Wildman–Crippen LogP) is 2.98. The Morgan fingerprint density at radius 2 is 1.84 bits per heavy atom. The SMILES string of the molecule is O=C(c1cccnc1N1CCCC1)N1CCC(Oc2ccccc2)C1. The first-order valence-corrected chi connectivity index (χ1v) is 9.02. The molecule has 5 nitrogen and oxygen atoms in total. The number of carbonyl (C=O) groups is 1. The van der Waals surface area contributed by atoms with E-state index in [1.165, 1.54) is 12.8 Å². The molecule has 2 fully saturated rings. The molecular formula is C20H23N3O2. The van der Waals surface area contributed by atoms with Crippen molar-refractivity contribution in [3.63, 3.8) is 0 Å². The summed E-state index contributed by atoms with van der Waals surface area (Å²) < 4.78 is 6.00. The highest BCUT2D eigenvalue weighted by molar-refractivity contribution is 5.99. The minimum absolute atomic E-state index is 0.0539. The Balaban J connectivity index is 1.45. The zero-order chi connectivity index (χ0) is 17.1. The first kappa shape index (κ1) is 15.9. The molecule has 0 bridgehead atoms. The molecule has 2 aliphatic heterocycles. The predicted molar refractivity (Wildman–Crippen MR) is 97.1 cm³/mol. The molecule has 1 atom stereocenters. The van der Waals surface area contributed by atoms with Crippen LogP contribution in [0.4, 0.5) is 5.82 Å². The molecule has 1 aromatic carbocycles. The van der Waals surface area contributed by atoms with E-state index >= 15 is 0 Å². The van der Waals surface area contributed by atoms with Gasteiger partial charge in [-0.2, -0.15) is 0 Å². The maximum absolute atomic E-state index is 13.0. The second kappa shape index (κ2) is 7.13. The topological polar surface area (TPSA) is 45.7 Å². The van der Waals surface area contributed by atoms with Crippen molar-refractivity contribution < 1.29 is 9.53 Å². The van der Waals surface area contributed by atoms with E-state index in [-0.39, 0.29) is 12.0 Å². The quantitative estimate of drug-likeness (QED) is 0.860. The van der Waals surface area contributed by atoms with Crippen molar-refractivity contribution in [3.05, 3.63) is 54.2 Å². The summed E-state index contributed by atoms with van der Waals surface area (Å²) in [7, 11) is 0. The third-order valence-electron chi connectivity index (χ3n) is 4.90. The molecule has 2 aliphatic rings. The number of likely N-dealkylation sites (tertiary alicyclic amines) is 1. The molecule has 1 aromatic heterocycles. The van der Waals surface area contributed by atoms with E-state index in [0.29, 0.717) is 12.1 Å². The molecular weight excluding hydrogens is 314 g/mol. The summed E-state index contributed by atoms with van der Waals surface area (Å²) in [4.78, 5) is 21.6. The van der Waals surface area contributed by atoms with Gasteiger partial charge in [-0.3, -0.25) is 4.79 Å². The van der Waals surface area contributed by atoms with E-state index in [4.69, 9.17) is 4.74 Å². The molecule has 0 spiro atoms. The second-order valence-electron chi connectivity index (χ2n) is 6.66. The highest BCUT2D eigenvalue weighted by atomic mass is 16.5. The molecule has 4 rings (SSSR count). The lowest BCUT2D eigenvalue weighted by Gasteiger charge is -2.22. The van der Waals surface area contributed by atoms with Crippen molar-refractivity contribution in [2.75, 3.05) is 31.1 Å².